The zero-order valence-corrected chi connectivity index (χ0v) is 11.9. The molecule has 0 saturated carbocycles. The second kappa shape index (κ2) is 6.09. The van der Waals surface area contributed by atoms with Crippen molar-refractivity contribution < 1.29 is 9.90 Å². The van der Waals surface area contributed by atoms with E-state index in [1.807, 2.05) is 19.1 Å². The highest BCUT2D eigenvalue weighted by Crippen LogP contribution is 2.28. The lowest BCUT2D eigenvalue weighted by molar-refractivity contribution is 0.0696. The van der Waals surface area contributed by atoms with Gasteiger partial charge in [-0.2, -0.15) is 0 Å². The molecule has 1 aromatic carbocycles. The van der Waals surface area contributed by atoms with Gasteiger partial charge in [-0.15, -0.1) is 0 Å². The average Bonchev–Trinajstić information content (AvgIpc) is 2.39. The fraction of sp³-hybridized carbons (Fsp3) is 0.562. The van der Waals surface area contributed by atoms with E-state index in [9.17, 15) is 4.79 Å². The van der Waals surface area contributed by atoms with Crippen LogP contribution in [-0.4, -0.2) is 23.7 Å². The molecule has 1 fully saturated rings. The normalized spacial score (nSPS) is 19.5. The molecule has 1 aromatic rings. The van der Waals surface area contributed by atoms with E-state index in [4.69, 9.17) is 5.11 Å². The standard InChI is InChI=1S/C16H23NO2/c1-3-6-13-7-4-5-10-17(13)14-8-9-15(16(18)19)12(2)11-14/h8-9,11,13H,3-7,10H2,1-2H3,(H,18,19). The van der Waals surface area contributed by atoms with Crippen LogP contribution in [0, 0.1) is 6.92 Å². The van der Waals surface area contributed by atoms with Gasteiger partial charge in [-0.1, -0.05) is 13.3 Å². The van der Waals surface area contributed by atoms with E-state index in [0.29, 0.717) is 11.6 Å². The van der Waals surface area contributed by atoms with Gasteiger partial charge in [0, 0.05) is 18.3 Å². The Balaban J connectivity index is 2.24. The molecule has 104 valence electrons. The first kappa shape index (κ1) is 13.9. The summed E-state index contributed by atoms with van der Waals surface area (Å²) in [6.07, 6.45) is 6.23. The van der Waals surface area contributed by atoms with Crippen molar-refractivity contribution in [1.82, 2.24) is 0 Å². The van der Waals surface area contributed by atoms with Crippen LogP contribution in [0.3, 0.4) is 0 Å². The molecule has 0 aliphatic carbocycles. The van der Waals surface area contributed by atoms with Crippen LogP contribution in [0.1, 0.15) is 54.9 Å². The minimum atomic E-state index is -0.840. The molecule has 1 atom stereocenters. The molecule has 0 amide bonds. The summed E-state index contributed by atoms with van der Waals surface area (Å²) in [7, 11) is 0. The number of carboxylic acids is 1. The number of anilines is 1. The molecule has 1 saturated heterocycles. The lowest BCUT2D eigenvalue weighted by atomic mass is 9.96. The molecule has 1 heterocycles. The topological polar surface area (TPSA) is 40.5 Å². The molecule has 0 aromatic heterocycles. The quantitative estimate of drug-likeness (QED) is 0.895. The smallest absolute Gasteiger partial charge is 0.335 e. The zero-order valence-electron chi connectivity index (χ0n) is 11.9. The van der Waals surface area contributed by atoms with Crippen LogP contribution in [-0.2, 0) is 0 Å². The number of nitrogens with zero attached hydrogens (tertiary/aromatic N) is 1. The number of benzene rings is 1. The van der Waals surface area contributed by atoms with Crippen molar-refractivity contribution in [2.45, 2.75) is 52.0 Å². The molecule has 2 rings (SSSR count). The summed E-state index contributed by atoms with van der Waals surface area (Å²) < 4.78 is 0. The van der Waals surface area contributed by atoms with Crippen LogP contribution in [0.25, 0.3) is 0 Å². The highest BCUT2D eigenvalue weighted by molar-refractivity contribution is 5.89. The number of piperidine rings is 1. The van der Waals surface area contributed by atoms with E-state index in [-0.39, 0.29) is 0 Å². The van der Waals surface area contributed by atoms with Gasteiger partial charge in [-0.05, 0) is 56.4 Å². The molecule has 0 spiro atoms. The van der Waals surface area contributed by atoms with E-state index in [1.165, 1.54) is 37.8 Å². The minimum absolute atomic E-state index is 0.410. The summed E-state index contributed by atoms with van der Waals surface area (Å²) in [5.41, 5.74) is 2.44. The molecule has 1 aliphatic heterocycles. The van der Waals surface area contributed by atoms with Gasteiger partial charge in [0.1, 0.15) is 0 Å². The van der Waals surface area contributed by atoms with Crippen molar-refractivity contribution in [2.24, 2.45) is 0 Å². The SMILES string of the molecule is CCCC1CCCCN1c1ccc(C(=O)O)c(C)c1. The van der Waals surface area contributed by atoms with Crippen LogP contribution >= 0.6 is 0 Å². The molecule has 0 radical (unpaired) electrons. The summed E-state index contributed by atoms with van der Waals surface area (Å²) in [6.45, 7) is 5.20. The maximum atomic E-state index is 11.1. The summed E-state index contributed by atoms with van der Waals surface area (Å²) >= 11 is 0. The molecule has 3 heteroatoms. The third kappa shape index (κ3) is 3.09. The van der Waals surface area contributed by atoms with Gasteiger partial charge in [0.25, 0.3) is 0 Å². The number of rotatable bonds is 4. The van der Waals surface area contributed by atoms with E-state index in [1.54, 1.807) is 6.07 Å². The molecule has 1 N–H and O–H groups in total. The first-order valence-electron chi connectivity index (χ1n) is 7.24. The van der Waals surface area contributed by atoms with Gasteiger partial charge in [0.15, 0.2) is 0 Å². The number of aromatic carboxylic acids is 1. The second-order valence-electron chi connectivity index (χ2n) is 5.44. The summed E-state index contributed by atoms with van der Waals surface area (Å²) in [5, 5.41) is 9.09. The molecular weight excluding hydrogens is 238 g/mol. The number of carbonyl (C=O) groups is 1. The third-order valence-corrected chi connectivity index (χ3v) is 4.02. The summed E-state index contributed by atoms with van der Waals surface area (Å²) in [4.78, 5) is 13.5. The fourth-order valence-electron chi connectivity index (χ4n) is 3.04. The van der Waals surface area contributed by atoms with E-state index in [2.05, 4.69) is 11.8 Å². The van der Waals surface area contributed by atoms with Crippen molar-refractivity contribution in [3.05, 3.63) is 29.3 Å². The van der Waals surface area contributed by atoms with Gasteiger partial charge >= 0.3 is 5.97 Å². The zero-order chi connectivity index (χ0) is 13.8. The first-order chi connectivity index (χ1) is 9.13. The van der Waals surface area contributed by atoms with Crippen LogP contribution in [0.5, 0.6) is 0 Å². The largest absolute Gasteiger partial charge is 0.478 e. The molecule has 19 heavy (non-hydrogen) atoms. The Labute approximate surface area is 115 Å². The van der Waals surface area contributed by atoms with Crippen molar-refractivity contribution in [3.63, 3.8) is 0 Å². The molecule has 1 aliphatic rings. The number of carboxylic acid groups (broad SMARTS) is 1. The van der Waals surface area contributed by atoms with Crippen molar-refractivity contribution in [2.75, 3.05) is 11.4 Å². The molecule has 0 bridgehead atoms. The molecule has 1 unspecified atom stereocenters. The maximum Gasteiger partial charge on any atom is 0.335 e. The highest BCUT2D eigenvalue weighted by Gasteiger charge is 2.22. The van der Waals surface area contributed by atoms with Gasteiger partial charge in [-0.25, -0.2) is 4.79 Å². The van der Waals surface area contributed by atoms with Crippen LogP contribution in [0.15, 0.2) is 18.2 Å². The van der Waals surface area contributed by atoms with E-state index < -0.39 is 5.97 Å². The Morgan fingerprint density at radius 2 is 2.21 bits per heavy atom. The fourth-order valence-corrected chi connectivity index (χ4v) is 3.04. The van der Waals surface area contributed by atoms with Crippen molar-refractivity contribution in [1.29, 1.82) is 0 Å². The van der Waals surface area contributed by atoms with Gasteiger partial charge in [-0.3, -0.25) is 0 Å². The van der Waals surface area contributed by atoms with Gasteiger partial charge in [0.05, 0.1) is 5.56 Å². The lowest BCUT2D eigenvalue weighted by Crippen LogP contribution is -2.39. The minimum Gasteiger partial charge on any atom is -0.478 e. The molecule has 3 nitrogen and oxygen atoms in total. The van der Waals surface area contributed by atoms with Crippen molar-refractivity contribution >= 4 is 11.7 Å². The van der Waals surface area contributed by atoms with Gasteiger partial charge in [0.2, 0.25) is 0 Å². The first-order valence-corrected chi connectivity index (χ1v) is 7.24. The van der Waals surface area contributed by atoms with Gasteiger partial charge < -0.3 is 10.0 Å². The van der Waals surface area contributed by atoms with E-state index in [0.717, 1.165) is 12.1 Å². The Hall–Kier alpha value is -1.51. The van der Waals surface area contributed by atoms with Crippen LogP contribution < -0.4 is 4.90 Å². The Morgan fingerprint density at radius 1 is 1.42 bits per heavy atom. The maximum absolute atomic E-state index is 11.1. The number of aryl methyl sites for hydroxylation is 1. The monoisotopic (exact) mass is 261 g/mol. The summed E-state index contributed by atoms with van der Waals surface area (Å²) in [5.74, 6) is -0.840. The molecular formula is C16H23NO2. The average molecular weight is 261 g/mol. The Morgan fingerprint density at radius 3 is 2.84 bits per heavy atom. The predicted octanol–water partition coefficient (Wildman–Crippen LogP) is 3.85. The van der Waals surface area contributed by atoms with Crippen molar-refractivity contribution in [3.8, 4) is 0 Å². The lowest BCUT2D eigenvalue weighted by Gasteiger charge is -2.38. The number of hydrogen-bond acceptors (Lipinski definition) is 2. The van der Waals surface area contributed by atoms with Crippen LogP contribution in [0.2, 0.25) is 0 Å². The Bertz CT molecular complexity index is 454. The third-order valence-electron chi connectivity index (χ3n) is 4.02. The second-order valence-corrected chi connectivity index (χ2v) is 5.44. The number of hydrogen-bond donors (Lipinski definition) is 1. The van der Waals surface area contributed by atoms with E-state index >= 15 is 0 Å². The predicted molar refractivity (Wildman–Crippen MR) is 78.0 cm³/mol. The summed E-state index contributed by atoms with van der Waals surface area (Å²) in [6, 6.07) is 6.35. The Kier molecular flexibility index (Phi) is 4.46. The highest BCUT2D eigenvalue weighted by atomic mass is 16.4. The van der Waals surface area contributed by atoms with Crippen LogP contribution in [0.4, 0.5) is 5.69 Å².